The Hall–Kier alpha value is -1.48. The van der Waals surface area contributed by atoms with Crippen LogP contribution in [0.25, 0.3) is 0 Å². The van der Waals surface area contributed by atoms with Crippen molar-refractivity contribution >= 4 is 15.8 Å². The Kier molecular flexibility index (Phi) is 3.25. The maximum atomic E-state index is 11.4. The van der Waals surface area contributed by atoms with Crippen molar-refractivity contribution in [3.63, 3.8) is 0 Å². The third-order valence-corrected chi connectivity index (χ3v) is 5.39. The van der Waals surface area contributed by atoms with Gasteiger partial charge >= 0.3 is 5.97 Å². The molecule has 2 aliphatic heterocycles. The van der Waals surface area contributed by atoms with Crippen LogP contribution in [0.2, 0.25) is 0 Å². The quantitative estimate of drug-likeness (QED) is 0.845. The van der Waals surface area contributed by atoms with E-state index in [1.54, 1.807) is 0 Å². The Bertz CT molecular complexity index is 625. The van der Waals surface area contributed by atoms with Gasteiger partial charge in [-0.2, -0.15) is 4.98 Å². The van der Waals surface area contributed by atoms with E-state index >= 15 is 0 Å². The average molecular weight is 302 g/mol. The van der Waals surface area contributed by atoms with E-state index in [2.05, 4.69) is 10.1 Å². The molecule has 1 aromatic heterocycles. The highest BCUT2D eigenvalue weighted by Crippen LogP contribution is 2.33. The van der Waals surface area contributed by atoms with Crippen molar-refractivity contribution in [2.24, 2.45) is 0 Å². The van der Waals surface area contributed by atoms with Crippen molar-refractivity contribution < 1.29 is 27.6 Å². The van der Waals surface area contributed by atoms with Crippen molar-refractivity contribution in [3.8, 4) is 0 Å². The van der Waals surface area contributed by atoms with Gasteiger partial charge in [-0.3, -0.25) is 0 Å². The molecular formula is C11H14N2O6S. The van der Waals surface area contributed by atoms with Gasteiger partial charge in [-0.25, -0.2) is 13.2 Å². The Morgan fingerprint density at radius 2 is 2.10 bits per heavy atom. The molecule has 3 heterocycles. The first-order valence-corrected chi connectivity index (χ1v) is 8.19. The second-order valence-electron chi connectivity index (χ2n) is 5.12. The molecule has 20 heavy (non-hydrogen) atoms. The molecule has 3 unspecified atom stereocenters. The zero-order valence-electron chi connectivity index (χ0n) is 10.6. The zero-order chi connectivity index (χ0) is 14.3. The number of hydrogen-bond donors (Lipinski definition) is 1. The first kappa shape index (κ1) is 13.5. The summed E-state index contributed by atoms with van der Waals surface area (Å²) in [6.07, 6.45) is 0.0272. The van der Waals surface area contributed by atoms with E-state index in [1.165, 1.54) is 0 Å². The number of aromatic nitrogens is 2. The van der Waals surface area contributed by atoms with Crippen molar-refractivity contribution in [1.29, 1.82) is 0 Å². The molecule has 1 N–H and O–H groups in total. The van der Waals surface area contributed by atoms with E-state index in [0.29, 0.717) is 25.1 Å². The fourth-order valence-corrected chi connectivity index (χ4v) is 4.28. The lowest BCUT2D eigenvalue weighted by Gasteiger charge is -2.05. The summed E-state index contributed by atoms with van der Waals surface area (Å²) in [5.74, 6) is -0.475. The standard InChI is InChI=1S/C11H14N2O6S/c14-11(15)8-2-1-7(18-8)10-12-9(13-19-10)6-3-4-20(16,17)5-6/h6-8H,1-5H2,(H,14,15). The van der Waals surface area contributed by atoms with Gasteiger partial charge in [-0.05, 0) is 19.3 Å². The lowest BCUT2D eigenvalue weighted by atomic mass is 10.1. The zero-order valence-corrected chi connectivity index (χ0v) is 11.4. The van der Waals surface area contributed by atoms with Crippen molar-refractivity contribution in [2.45, 2.75) is 37.4 Å². The van der Waals surface area contributed by atoms with Gasteiger partial charge in [0.1, 0.15) is 6.10 Å². The summed E-state index contributed by atoms with van der Waals surface area (Å²) in [5.41, 5.74) is 0. The summed E-state index contributed by atoms with van der Waals surface area (Å²) in [6.45, 7) is 0. The van der Waals surface area contributed by atoms with E-state index in [9.17, 15) is 13.2 Å². The van der Waals surface area contributed by atoms with E-state index < -0.39 is 28.0 Å². The van der Waals surface area contributed by atoms with Crippen LogP contribution in [0.5, 0.6) is 0 Å². The van der Waals surface area contributed by atoms with Gasteiger partial charge in [0.2, 0.25) is 0 Å². The van der Waals surface area contributed by atoms with E-state index in [-0.39, 0.29) is 23.3 Å². The Balaban J connectivity index is 1.70. The molecule has 9 heteroatoms. The first-order valence-electron chi connectivity index (χ1n) is 6.37. The van der Waals surface area contributed by atoms with Crippen molar-refractivity contribution in [2.75, 3.05) is 11.5 Å². The largest absolute Gasteiger partial charge is 0.479 e. The molecule has 0 saturated carbocycles. The van der Waals surface area contributed by atoms with Crippen LogP contribution in [-0.4, -0.2) is 47.2 Å². The van der Waals surface area contributed by atoms with Gasteiger partial charge in [0.25, 0.3) is 5.89 Å². The summed E-state index contributed by atoms with van der Waals surface area (Å²) in [7, 11) is -3.00. The van der Waals surface area contributed by atoms with Gasteiger partial charge in [0, 0.05) is 5.92 Å². The van der Waals surface area contributed by atoms with E-state index in [1.807, 2.05) is 0 Å². The number of aliphatic carboxylic acids is 1. The molecule has 0 bridgehead atoms. The minimum atomic E-state index is -3.00. The smallest absolute Gasteiger partial charge is 0.332 e. The number of rotatable bonds is 3. The second kappa shape index (κ2) is 4.81. The normalized spacial score (nSPS) is 32.5. The van der Waals surface area contributed by atoms with Gasteiger partial charge in [0.15, 0.2) is 21.8 Å². The van der Waals surface area contributed by atoms with Gasteiger partial charge < -0.3 is 14.4 Å². The van der Waals surface area contributed by atoms with Crippen LogP contribution in [0.1, 0.15) is 43.0 Å². The monoisotopic (exact) mass is 302 g/mol. The topological polar surface area (TPSA) is 120 Å². The van der Waals surface area contributed by atoms with Crippen LogP contribution in [-0.2, 0) is 19.4 Å². The number of carbonyl (C=O) groups is 1. The number of nitrogens with zero attached hydrogens (tertiary/aromatic N) is 2. The van der Waals surface area contributed by atoms with Gasteiger partial charge in [-0.15, -0.1) is 0 Å². The molecule has 3 rings (SSSR count). The third-order valence-electron chi connectivity index (χ3n) is 3.63. The number of hydrogen-bond acceptors (Lipinski definition) is 7. The fraction of sp³-hybridized carbons (Fsp3) is 0.727. The molecule has 110 valence electrons. The molecule has 1 aromatic rings. The van der Waals surface area contributed by atoms with Crippen LogP contribution in [0, 0.1) is 0 Å². The van der Waals surface area contributed by atoms with Gasteiger partial charge in [-0.1, -0.05) is 5.16 Å². The van der Waals surface area contributed by atoms with Crippen molar-refractivity contribution in [1.82, 2.24) is 10.1 Å². The van der Waals surface area contributed by atoms with Gasteiger partial charge in [0.05, 0.1) is 11.5 Å². The number of ether oxygens (including phenoxy) is 1. The van der Waals surface area contributed by atoms with Crippen LogP contribution in [0.15, 0.2) is 4.52 Å². The maximum Gasteiger partial charge on any atom is 0.332 e. The molecule has 2 saturated heterocycles. The summed E-state index contributed by atoms with van der Waals surface area (Å²) in [5, 5.41) is 12.7. The second-order valence-corrected chi connectivity index (χ2v) is 7.35. The number of sulfone groups is 1. The number of carboxylic acid groups (broad SMARTS) is 1. The fourth-order valence-electron chi connectivity index (χ4n) is 2.54. The van der Waals surface area contributed by atoms with E-state index in [4.69, 9.17) is 14.4 Å². The predicted octanol–water partition coefficient (Wildman–Crippen LogP) is 0.276. The molecule has 2 fully saturated rings. The Labute approximate surface area is 115 Å². The molecule has 0 aromatic carbocycles. The van der Waals surface area contributed by atoms with Crippen molar-refractivity contribution in [3.05, 3.63) is 11.7 Å². The minimum absolute atomic E-state index is 0.0370. The highest BCUT2D eigenvalue weighted by atomic mass is 32.2. The Morgan fingerprint density at radius 1 is 1.30 bits per heavy atom. The molecule has 0 spiro atoms. The molecule has 0 amide bonds. The van der Waals surface area contributed by atoms with E-state index in [0.717, 1.165) is 0 Å². The number of carboxylic acids is 1. The molecule has 0 radical (unpaired) electrons. The average Bonchev–Trinajstić information content (AvgIpc) is 3.04. The lowest BCUT2D eigenvalue weighted by molar-refractivity contribution is -0.150. The molecular weight excluding hydrogens is 288 g/mol. The maximum absolute atomic E-state index is 11.4. The summed E-state index contributed by atoms with van der Waals surface area (Å²) >= 11 is 0. The molecule has 2 aliphatic rings. The lowest BCUT2D eigenvalue weighted by Crippen LogP contribution is -2.18. The van der Waals surface area contributed by atoms with Crippen LogP contribution >= 0.6 is 0 Å². The highest BCUT2D eigenvalue weighted by Gasteiger charge is 2.37. The van der Waals surface area contributed by atoms with Crippen LogP contribution in [0.3, 0.4) is 0 Å². The summed E-state index contributed by atoms with van der Waals surface area (Å²) in [6, 6.07) is 0. The molecule has 0 aliphatic carbocycles. The molecule has 3 atom stereocenters. The Morgan fingerprint density at radius 3 is 2.70 bits per heavy atom. The highest BCUT2D eigenvalue weighted by molar-refractivity contribution is 7.91. The van der Waals surface area contributed by atoms with Crippen LogP contribution < -0.4 is 0 Å². The first-order chi connectivity index (χ1) is 9.44. The summed E-state index contributed by atoms with van der Waals surface area (Å²) in [4.78, 5) is 15.0. The predicted molar refractivity (Wildman–Crippen MR) is 64.8 cm³/mol. The van der Waals surface area contributed by atoms with Crippen LogP contribution in [0.4, 0.5) is 0 Å². The molecule has 8 nitrogen and oxygen atoms in total. The third kappa shape index (κ3) is 2.55. The SMILES string of the molecule is O=C(O)C1CCC(c2nc(C3CCS(=O)(=O)C3)no2)O1. The minimum Gasteiger partial charge on any atom is -0.479 e. The summed E-state index contributed by atoms with van der Waals surface area (Å²) < 4.78 is 33.2.